The first-order valence-electron chi connectivity index (χ1n) is 6.55. The molecule has 0 saturated carbocycles. The SMILES string of the molecule is C/C=C/C=C\[C@@H](C)CC1=CC(=O)C[C@]1(C)C(=O)OC. The van der Waals surface area contributed by atoms with E-state index >= 15 is 0 Å². The van der Waals surface area contributed by atoms with E-state index in [-0.39, 0.29) is 24.1 Å². The Morgan fingerprint density at radius 1 is 1.53 bits per heavy atom. The number of hydrogen-bond donors (Lipinski definition) is 0. The second-order valence-corrected chi connectivity index (χ2v) is 5.23. The zero-order valence-corrected chi connectivity index (χ0v) is 12.1. The largest absolute Gasteiger partial charge is 0.468 e. The van der Waals surface area contributed by atoms with Crippen molar-refractivity contribution in [1.29, 1.82) is 0 Å². The number of rotatable bonds is 5. The number of allylic oxidation sites excluding steroid dienone is 5. The minimum atomic E-state index is -0.783. The van der Waals surface area contributed by atoms with Gasteiger partial charge in [-0.05, 0) is 37.8 Å². The Hall–Kier alpha value is -1.64. The van der Waals surface area contributed by atoms with Gasteiger partial charge in [0.05, 0.1) is 12.5 Å². The standard InChI is InChI=1S/C16H22O3/c1-5-6-7-8-12(2)9-13-10-14(17)11-16(13,3)15(18)19-4/h5-8,10,12H,9,11H2,1-4H3/b6-5+,8-7-/t12-,16+/m1/s1. The summed E-state index contributed by atoms with van der Waals surface area (Å²) in [5.74, 6) is -0.0425. The zero-order valence-electron chi connectivity index (χ0n) is 12.1. The minimum Gasteiger partial charge on any atom is -0.468 e. The molecular weight excluding hydrogens is 240 g/mol. The average Bonchev–Trinajstić information content (AvgIpc) is 2.64. The van der Waals surface area contributed by atoms with Crippen LogP contribution in [0.25, 0.3) is 0 Å². The maximum Gasteiger partial charge on any atom is 0.316 e. The number of esters is 1. The predicted octanol–water partition coefficient (Wildman–Crippen LogP) is 3.22. The van der Waals surface area contributed by atoms with Crippen LogP contribution >= 0.6 is 0 Å². The smallest absolute Gasteiger partial charge is 0.316 e. The van der Waals surface area contributed by atoms with Crippen LogP contribution in [0.3, 0.4) is 0 Å². The fraction of sp³-hybridized carbons (Fsp3) is 0.500. The molecule has 0 fully saturated rings. The van der Waals surface area contributed by atoms with Gasteiger partial charge in [0.25, 0.3) is 0 Å². The summed E-state index contributed by atoms with van der Waals surface area (Å²) < 4.78 is 4.83. The van der Waals surface area contributed by atoms with Crippen LogP contribution in [0.15, 0.2) is 36.0 Å². The molecule has 1 rings (SSSR count). The van der Waals surface area contributed by atoms with Crippen LogP contribution in [0.1, 0.15) is 33.6 Å². The van der Waals surface area contributed by atoms with E-state index in [1.165, 1.54) is 7.11 Å². The summed E-state index contributed by atoms with van der Waals surface area (Å²) >= 11 is 0. The maximum atomic E-state index is 11.9. The maximum absolute atomic E-state index is 11.9. The lowest BCUT2D eigenvalue weighted by Gasteiger charge is -2.25. The monoisotopic (exact) mass is 262 g/mol. The van der Waals surface area contributed by atoms with Gasteiger partial charge in [-0.3, -0.25) is 9.59 Å². The summed E-state index contributed by atoms with van der Waals surface area (Å²) in [5, 5.41) is 0. The van der Waals surface area contributed by atoms with Crippen molar-refractivity contribution in [3.63, 3.8) is 0 Å². The predicted molar refractivity (Wildman–Crippen MR) is 75.6 cm³/mol. The number of hydrogen-bond acceptors (Lipinski definition) is 3. The van der Waals surface area contributed by atoms with Crippen molar-refractivity contribution in [2.24, 2.45) is 11.3 Å². The third-order valence-corrected chi connectivity index (χ3v) is 3.49. The molecule has 0 spiro atoms. The van der Waals surface area contributed by atoms with Gasteiger partial charge < -0.3 is 4.74 Å². The minimum absolute atomic E-state index is 0.00698. The van der Waals surface area contributed by atoms with Gasteiger partial charge in [-0.25, -0.2) is 0 Å². The highest BCUT2D eigenvalue weighted by atomic mass is 16.5. The molecular formula is C16H22O3. The number of ether oxygens (including phenoxy) is 1. The second-order valence-electron chi connectivity index (χ2n) is 5.23. The van der Waals surface area contributed by atoms with Crippen LogP contribution in [-0.4, -0.2) is 18.9 Å². The number of ketones is 1. The number of methoxy groups -OCH3 is 1. The van der Waals surface area contributed by atoms with Gasteiger partial charge in [0.1, 0.15) is 0 Å². The average molecular weight is 262 g/mol. The van der Waals surface area contributed by atoms with Crippen LogP contribution in [-0.2, 0) is 14.3 Å². The van der Waals surface area contributed by atoms with E-state index in [9.17, 15) is 9.59 Å². The Balaban J connectivity index is 2.82. The van der Waals surface area contributed by atoms with E-state index in [0.717, 1.165) is 5.57 Å². The Morgan fingerprint density at radius 3 is 2.79 bits per heavy atom. The highest BCUT2D eigenvalue weighted by molar-refractivity contribution is 6.00. The second kappa shape index (κ2) is 6.50. The molecule has 0 radical (unpaired) electrons. The summed E-state index contributed by atoms with van der Waals surface area (Å²) in [6.45, 7) is 5.82. The molecule has 1 aliphatic carbocycles. The Kier molecular flexibility index (Phi) is 5.28. The fourth-order valence-corrected chi connectivity index (χ4v) is 2.36. The first-order valence-corrected chi connectivity index (χ1v) is 6.55. The Labute approximate surface area is 115 Å². The van der Waals surface area contributed by atoms with Gasteiger partial charge in [-0.2, -0.15) is 0 Å². The number of carbonyl (C=O) groups excluding carboxylic acids is 2. The lowest BCUT2D eigenvalue weighted by Crippen LogP contribution is -2.30. The van der Waals surface area contributed by atoms with Crippen molar-refractivity contribution < 1.29 is 14.3 Å². The normalized spacial score (nSPS) is 25.1. The highest BCUT2D eigenvalue weighted by Gasteiger charge is 2.44. The summed E-state index contributed by atoms with van der Waals surface area (Å²) in [7, 11) is 1.36. The molecule has 104 valence electrons. The molecule has 1 aliphatic rings. The Morgan fingerprint density at radius 2 is 2.21 bits per heavy atom. The van der Waals surface area contributed by atoms with Gasteiger partial charge in [0, 0.05) is 6.42 Å². The van der Waals surface area contributed by atoms with Gasteiger partial charge in [-0.15, -0.1) is 0 Å². The summed E-state index contributed by atoms with van der Waals surface area (Å²) in [5.41, 5.74) is 0.0936. The van der Waals surface area contributed by atoms with Gasteiger partial charge >= 0.3 is 5.97 Å². The first kappa shape index (κ1) is 15.4. The molecule has 0 N–H and O–H groups in total. The van der Waals surface area contributed by atoms with Crippen LogP contribution in [0.5, 0.6) is 0 Å². The molecule has 0 heterocycles. The van der Waals surface area contributed by atoms with E-state index in [2.05, 4.69) is 13.0 Å². The molecule has 0 saturated heterocycles. The molecule has 2 atom stereocenters. The van der Waals surface area contributed by atoms with Crippen LogP contribution in [0.4, 0.5) is 0 Å². The molecule has 0 aromatic carbocycles. The number of carbonyl (C=O) groups is 2. The fourth-order valence-electron chi connectivity index (χ4n) is 2.36. The molecule has 0 bridgehead atoms. The molecule has 0 aromatic heterocycles. The van der Waals surface area contributed by atoms with E-state index in [4.69, 9.17) is 4.74 Å². The van der Waals surface area contributed by atoms with Gasteiger partial charge in [0.2, 0.25) is 0 Å². The van der Waals surface area contributed by atoms with E-state index in [1.54, 1.807) is 13.0 Å². The lowest BCUT2D eigenvalue weighted by molar-refractivity contribution is -0.150. The van der Waals surface area contributed by atoms with Crippen LogP contribution in [0.2, 0.25) is 0 Å². The molecule has 0 unspecified atom stereocenters. The lowest BCUT2D eigenvalue weighted by atomic mass is 9.79. The summed E-state index contributed by atoms with van der Waals surface area (Å²) in [4.78, 5) is 23.5. The Bertz CT molecular complexity index is 443. The van der Waals surface area contributed by atoms with Crippen LogP contribution < -0.4 is 0 Å². The molecule has 0 amide bonds. The topological polar surface area (TPSA) is 43.4 Å². The van der Waals surface area contributed by atoms with Crippen LogP contribution in [0, 0.1) is 11.3 Å². The highest BCUT2D eigenvalue weighted by Crippen LogP contribution is 2.41. The molecule has 19 heavy (non-hydrogen) atoms. The summed E-state index contributed by atoms with van der Waals surface area (Å²) in [6, 6.07) is 0. The van der Waals surface area contributed by atoms with Crippen molar-refractivity contribution >= 4 is 11.8 Å². The quantitative estimate of drug-likeness (QED) is 0.564. The van der Waals surface area contributed by atoms with Crippen molar-refractivity contribution in [2.75, 3.05) is 7.11 Å². The third kappa shape index (κ3) is 3.66. The van der Waals surface area contributed by atoms with E-state index in [0.29, 0.717) is 6.42 Å². The zero-order chi connectivity index (χ0) is 14.5. The van der Waals surface area contributed by atoms with E-state index in [1.807, 2.05) is 25.2 Å². The molecule has 3 nitrogen and oxygen atoms in total. The van der Waals surface area contributed by atoms with Crippen molar-refractivity contribution in [2.45, 2.75) is 33.6 Å². The first-order chi connectivity index (χ1) is 8.93. The molecule has 0 aromatic rings. The van der Waals surface area contributed by atoms with E-state index < -0.39 is 5.41 Å². The van der Waals surface area contributed by atoms with Gasteiger partial charge in [-0.1, -0.05) is 31.2 Å². The molecule has 3 heteroatoms. The van der Waals surface area contributed by atoms with Gasteiger partial charge in [0.15, 0.2) is 5.78 Å². The third-order valence-electron chi connectivity index (χ3n) is 3.49. The van der Waals surface area contributed by atoms with Crippen molar-refractivity contribution in [3.8, 4) is 0 Å². The van der Waals surface area contributed by atoms with Crippen molar-refractivity contribution in [3.05, 3.63) is 36.0 Å². The summed E-state index contributed by atoms with van der Waals surface area (Å²) in [6.07, 6.45) is 10.5. The molecule has 0 aliphatic heterocycles. The van der Waals surface area contributed by atoms with Crippen molar-refractivity contribution in [1.82, 2.24) is 0 Å².